The van der Waals surface area contributed by atoms with E-state index >= 15 is 0 Å². The molecule has 1 aromatic heterocycles. The average molecular weight is 256 g/mol. The van der Waals surface area contributed by atoms with Crippen LogP contribution in [-0.4, -0.2) is 31.5 Å². The molecule has 17 heavy (non-hydrogen) atoms. The summed E-state index contributed by atoms with van der Waals surface area (Å²) in [5.74, 6) is 0.860. The van der Waals surface area contributed by atoms with E-state index in [0.29, 0.717) is 0 Å². The number of carbonyl (C=O) groups excluding carboxylic acids is 1. The van der Waals surface area contributed by atoms with Crippen LogP contribution in [-0.2, 0) is 11.8 Å². The maximum absolute atomic E-state index is 11.9. The van der Waals surface area contributed by atoms with Gasteiger partial charge in [0.2, 0.25) is 5.91 Å². The van der Waals surface area contributed by atoms with Crippen LogP contribution in [0, 0.1) is 6.92 Å². The number of hydrogen-bond donors (Lipinski definition) is 1. The minimum absolute atomic E-state index is 0.0168. The Kier molecular flexibility index (Phi) is 4.19. The van der Waals surface area contributed by atoms with E-state index in [1.165, 1.54) is 11.8 Å². The highest BCUT2D eigenvalue weighted by atomic mass is 32.2. The van der Waals surface area contributed by atoms with Gasteiger partial charge in [-0.1, -0.05) is 11.8 Å². The molecule has 1 aromatic rings. The van der Waals surface area contributed by atoms with E-state index in [2.05, 4.69) is 15.5 Å². The van der Waals surface area contributed by atoms with E-state index in [0.717, 1.165) is 11.0 Å². The Balaban J connectivity index is 2.63. The molecule has 96 valence electrons. The summed E-state index contributed by atoms with van der Waals surface area (Å²) in [7, 11) is 1.89. The van der Waals surface area contributed by atoms with Crippen molar-refractivity contribution in [1.82, 2.24) is 20.1 Å². The zero-order valence-corrected chi connectivity index (χ0v) is 12.1. The predicted octanol–water partition coefficient (Wildman–Crippen LogP) is 1.52. The Hall–Kier alpha value is -1.04. The highest BCUT2D eigenvalue weighted by molar-refractivity contribution is 8.00. The van der Waals surface area contributed by atoms with Crippen LogP contribution < -0.4 is 5.32 Å². The second kappa shape index (κ2) is 5.08. The molecule has 1 heterocycles. The lowest BCUT2D eigenvalue weighted by Gasteiger charge is -2.22. The molecule has 0 bridgehead atoms. The molecule has 1 amide bonds. The van der Waals surface area contributed by atoms with Crippen LogP contribution in [0.2, 0.25) is 0 Å². The molecule has 0 aromatic carbocycles. The van der Waals surface area contributed by atoms with Crippen molar-refractivity contribution < 1.29 is 4.79 Å². The van der Waals surface area contributed by atoms with E-state index in [-0.39, 0.29) is 16.7 Å². The molecule has 1 N–H and O–H groups in total. The van der Waals surface area contributed by atoms with Crippen LogP contribution >= 0.6 is 11.8 Å². The molecular weight excluding hydrogens is 236 g/mol. The lowest BCUT2D eigenvalue weighted by molar-refractivity contribution is -0.121. The summed E-state index contributed by atoms with van der Waals surface area (Å²) >= 11 is 1.42. The summed E-state index contributed by atoms with van der Waals surface area (Å²) in [4.78, 5) is 11.9. The Morgan fingerprint density at radius 2 is 2.00 bits per heavy atom. The average Bonchev–Trinajstić information content (AvgIpc) is 2.47. The predicted molar refractivity (Wildman–Crippen MR) is 69.0 cm³/mol. The molecule has 1 rings (SSSR count). The molecule has 1 atom stereocenters. The van der Waals surface area contributed by atoms with Crippen LogP contribution in [0.15, 0.2) is 5.16 Å². The van der Waals surface area contributed by atoms with Crippen LogP contribution in [0.4, 0.5) is 0 Å². The van der Waals surface area contributed by atoms with E-state index in [1.807, 2.05) is 46.2 Å². The van der Waals surface area contributed by atoms with Crippen LogP contribution in [0.25, 0.3) is 0 Å². The Morgan fingerprint density at radius 3 is 2.41 bits per heavy atom. The minimum atomic E-state index is -0.207. The van der Waals surface area contributed by atoms with Gasteiger partial charge >= 0.3 is 0 Å². The Labute approximate surface area is 106 Å². The number of carbonyl (C=O) groups is 1. The number of nitrogens with one attached hydrogen (secondary N) is 1. The molecule has 5 nitrogen and oxygen atoms in total. The quantitative estimate of drug-likeness (QED) is 0.833. The highest BCUT2D eigenvalue weighted by Gasteiger charge is 2.21. The fourth-order valence-corrected chi connectivity index (χ4v) is 2.03. The van der Waals surface area contributed by atoms with Gasteiger partial charge in [0, 0.05) is 12.6 Å². The number of hydrogen-bond acceptors (Lipinski definition) is 4. The van der Waals surface area contributed by atoms with E-state index in [4.69, 9.17) is 0 Å². The van der Waals surface area contributed by atoms with Gasteiger partial charge in [-0.05, 0) is 34.6 Å². The number of amides is 1. The van der Waals surface area contributed by atoms with Gasteiger partial charge in [-0.25, -0.2) is 0 Å². The first-order valence-electron chi connectivity index (χ1n) is 5.55. The van der Waals surface area contributed by atoms with Crippen molar-refractivity contribution in [2.75, 3.05) is 0 Å². The zero-order valence-electron chi connectivity index (χ0n) is 11.2. The number of rotatable bonds is 3. The summed E-state index contributed by atoms with van der Waals surface area (Å²) in [6.07, 6.45) is 0. The van der Waals surface area contributed by atoms with Gasteiger partial charge in [-0.2, -0.15) is 0 Å². The lowest BCUT2D eigenvalue weighted by Crippen LogP contribution is -2.44. The van der Waals surface area contributed by atoms with E-state index in [9.17, 15) is 4.79 Å². The normalized spacial score (nSPS) is 13.5. The highest BCUT2D eigenvalue weighted by Crippen LogP contribution is 2.21. The van der Waals surface area contributed by atoms with Crippen LogP contribution in [0.3, 0.4) is 0 Å². The number of aryl methyl sites for hydroxylation is 1. The zero-order chi connectivity index (χ0) is 13.2. The molecule has 0 saturated carbocycles. The third kappa shape index (κ3) is 4.03. The summed E-state index contributed by atoms with van der Waals surface area (Å²) in [5.41, 5.74) is -0.207. The van der Waals surface area contributed by atoms with Gasteiger partial charge in [0.1, 0.15) is 5.82 Å². The standard InChI is InChI=1S/C11H20N4OS/c1-7(9(16)12-11(3,4)5)17-10-14-13-8(2)15(10)6/h7H,1-6H3,(H,12,16)/t7-/m1/s1. The van der Waals surface area contributed by atoms with Crippen molar-refractivity contribution in [3.8, 4) is 0 Å². The largest absolute Gasteiger partial charge is 0.351 e. The SMILES string of the molecule is Cc1nnc(S[C@H](C)C(=O)NC(C)(C)C)n1C. The number of nitrogens with zero attached hydrogens (tertiary/aromatic N) is 3. The molecule has 0 radical (unpaired) electrons. The van der Waals surface area contributed by atoms with Crippen molar-refractivity contribution >= 4 is 17.7 Å². The maximum Gasteiger partial charge on any atom is 0.233 e. The molecule has 0 aliphatic heterocycles. The van der Waals surface area contributed by atoms with Crippen LogP contribution in [0.5, 0.6) is 0 Å². The van der Waals surface area contributed by atoms with E-state index < -0.39 is 0 Å². The van der Waals surface area contributed by atoms with Crippen molar-refractivity contribution in [2.45, 2.75) is 50.6 Å². The fraction of sp³-hybridized carbons (Fsp3) is 0.727. The van der Waals surface area contributed by atoms with Crippen molar-refractivity contribution in [3.05, 3.63) is 5.82 Å². The third-order valence-corrected chi connectivity index (χ3v) is 3.34. The van der Waals surface area contributed by atoms with Crippen molar-refractivity contribution in [2.24, 2.45) is 7.05 Å². The molecular formula is C11H20N4OS. The van der Waals surface area contributed by atoms with E-state index in [1.54, 1.807) is 0 Å². The molecule has 0 aliphatic rings. The summed E-state index contributed by atoms with van der Waals surface area (Å²) in [6, 6.07) is 0. The molecule has 0 saturated heterocycles. The lowest BCUT2D eigenvalue weighted by atomic mass is 10.1. The van der Waals surface area contributed by atoms with Crippen LogP contribution in [0.1, 0.15) is 33.5 Å². The third-order valence-electron chi connectivity index (χ3n) is 2.20. The maximum atomic E-state index is 11.9. The molecule has 6 heteroatoms. The van der Waals surface area contributed by atoms with Gasteiger partial charge < -0.3 is 9.88 Å². The number of thioether (sulfide) groups is 1. The Morgan fingerprint density at radius 1 is 1.41 bits per heavy atom. The molecule has 0 aliphatic carbocycles. The van der Waals surface area contributed by atoms with Crippen molar-refractivity contribution in [1.29, 1.82) is 0 Å². The van der Waals surface area contributed by atoms with Gasteiger partial charge in [-0.3, -0.25) is 4.79 Å². The number of aromatic nitrogens is 3. The second-order valence-corrected chi connectivity index (χ2v) is 6.40. The smallest absolute Gasteiger partial charge is 0.233 e. The van der Waals surface area contributed by atoms with Gasteiger partial charge in [0.05, 0.1) is 5.25 Å². The first kappa shape index (κ1) is 14.0. The van der Waals surface area contributed by atoms with Gasteiger partial charge in [-0.15, -0.1) is 10.2 Å². The Bertz CT molecular complexity index is 408. The summed E-state index contributed by atoms with van der Waals surface area (Å²) in [5, 5.41) is 11.5. The molecule has 0 fully saturated rings. The van der Waals surface area contributed by atoms with Crippen molar-refractivity contribution in [3.63, 3.8) is 0 Å². The minimum Gasteiger partial charge on any atom is -0.351 e. The topological polar surface area (TPSA) is 59.8 Å². The first-order chi connectivity index (χ1) is 7.70. The molecule has 0 spiro atoms. The molecule has 0 unspecified atom stereocenters. The summed E-state index contributed by atoms with van der Waals surface area (Å²) < 4.78 is 1.88. The van der Waals surface area contributed by atoms with Gasteiger partial charge in [0.15, 0.2) is 5.16 Å². The monoisotopic (exact) mass is 256 g/mol. The fourth-order valence-electron chi connectivity index (χ4n) is 1.17. The van der Waals surface area contributed by atoms with Gasteiger partial charge in [0.25, 0.3) is 0 Å². The second-order valence-electron chi connectivity index (χ2n) is 5.09. The summed E-state index contributed by atoms with van der Waals surface area (Å²) in [6.45, 7) is 9.66. The first-order valence-corrected chi connectivity index (χ1v) is 6.43.